The molecule has 3 aromatic carbocycles. The van der Waals surface area contributed by atoms with Gasteiger partial charge in [0.2, 0.25) is 0 Å². The molecule has 1 heterocycles. The Kier molecular flexibility index (Phi) is 5.47. The molecule has 0 saturated heterocycles. The van der Waals surface area contributed by atoms with Crippen molar-refractivity contribution in [3.05, 3.63) is 82.8 Å². The maximum Gasteiger partial charge on any atom is 0.119 e. The van der Waals surface area contributed by atoms with Crippen molar-refractivity contribution in [3.63, 3.8) is 0 Å². The number of benzene rings is 3. The van der Waals surface area contributed by atoms with Gasteiger partial charge in [0.25, 0.3) is 0 Å². The van der Waals surface area contributed by atoms with Gasteiger partial charge in [-0.05, 0) is 48.5 Å². The molecule has 0 aliphatic carbocycles. The minimum absolute atomic E-state index is 0.543. The van der Waals surface area contributed by atoms with Gasteiger partial charge in [0, 0.05) is 16.1 Å². The summed E-state index contributed by atoms with van der Waals surface area (Å²) in [6.07, 6.45) is 0. The fourth-order valence-electron chi connectivity index (χ4n) is 3.14. The summed E-state index contributed by atoms with van der Waals surface area (Å²) in [6.45, 7) is 0. The lowest BCUT2D eigenvalue weighted by Crippen LogP contribution is -1.99. The Morgan fingerprint density at radius 2 is 1.34 bits per heavy atom. The summed E-state index contributed by atoms with van der Waals surface area (Å²) in [6, 6.07) is 22.9. The zero-order valence-electron chi connectivity index (χ0n) is 15.9. The van der Waals surface area contributed by atoms with Gasteiger partial charge >= 0.3 is 0 Å². The molecule has 4 nitrogen and oxygen atoms in total. The predicted molar refractivity (Wildman–Crippen MR) is 118 cm³/mol. The maximum absolute atomic E-state index is 6.88. The molecule has 0 bridgehead atoms. The fraction of sp³-hybridized carbons (Fsp3) is 0.0870. The van der Waals surface area contributed by atoms with Crippen LogP contribution in [0.5, 0.6) is 11.5 Å². The zero-order chi connectivity index (χ0) is 20.4. The van der Waals surface area contributed by atoms with Crippen molar-refractivity contribution >= 4 is 23.2 Å². The van der Waals surface area contributed by atoms with Crippen molar-refractivity contribution in [2.24, 2.45) is 0 Å². The molecule has 0 N–H and O–H groups in total. The van der Waals surface area contributed by atoms with Crippen LogP contribution in [-0.4, -0.2) is 24.0 Å². The monoisotopic (exact) mass is 424 g/mol. The summed E-state index contributed by atoms with van der Waals surface area (Å²) in [5, 5.41) is 6.03. The Morgan fingerprint density at radius 1 is 0.759 bits per heavy atom. The van der Waals surface area contributed by atoms with Crippen LogP contribution in [0.3, 0.4) is 0 Å². The van der Waals surface area contributed by atoms with Crippen molar-refractivity contribution in [1.82, 2.24) is 9.78 Å². The third-order valence-corrected chi connectivity index (χ3v) is 5.20. The molecule has 0 amide bonds. The topological polar surface area (TPSA) is 36.3 Å². The van der Waals surface area contributed by atoms with E-state index in [1.54, 1.807) is 14.2 Å². The molecular formula is C23H18Cl2N2O2. The van der Waals surface area contributed by atoms with E-state index in [2.05, 4.69) is 0 Å². The number of nitrogens with zero attached hydrogens (tertiary/aromatic N) is 2. The summed E-state index contributed by atoms with van der Waals surface area (Å²) < 4.78 is 12.6. The Labute approximate surface area is 179 Å². The maximum atomic E-state index is 6.88. The molecule has 0 spiro atoms. The van der Waals surface area contributed by atoms with Crippen molar-refractivity contribution in [3.8, 4) is 39.7 Å². The average molecular weight is 425 g/mol. The van der Waals surface area contributed by atoms with Gasteiger partial charge in [-0.25, -0.2) is 4.68 Å². The second kappa shape index (κ2) is 8.19. The molecule has 146 valence electrons. The van der Waals surface area contributed by atoms with E-state index in [4.69, 9.17) is 37.8 Å². The standard InChI is InChI=1S/C23H18Cl2N2O2/c1-28-19-7-3-5-15(13-19)22-21(25)23(16-6-4-8-20(14-16)29-2)27(26-22)18-11-9-17(24)10-12-18/h3-14H,1-2H3. The fourth-order valence-corrected chi connectivity index (χ4v) is 3.60. The zero-order valence-corrected chi connectivity index (χ0v) is 17.4. The molecular weight excluding hydrogens is 407 g/mol. The van der Waals surface area contributed by atoms with Crippen LogP contribution >= 0.6 is 23.2 Å². The predicted octanol–water partition coefficient (Wildman–Crippen LogP) is 6.53. The molecule has 29 heavy (non-hydrogen) atoms. The quantitative estimate of drug-likeness (QED) is 0.365. The van der Waals surface area contributed by atoms with Crippen molar-refractivity contribution in [2.45, 2.75) is 0 Å². The number of aromatic nitrogens is 2. The van der Waals surface area contributed by atoms with Crippen molar-refractivity contribution in [1.29, 1.82) is 0 Å². The molecule has 4 rings (SSSR count). The molecule has 0 atom stereocenters. The first-order chi connectivity index (χ1) is 14.1. The number of methoxy groups -OCH3 is 2. The van der Waals surface area contributed by atoms with Crippen LogP contribution < -0.4 is 9.47 Å². The molecule has 6 heteroatoms. The number of ether oxygens (including phenoxy) is 2. The van der Waals surface area contributed by atoms with E-state index in [1.807, 2.05) is 77.5 Å². The van der Waals surface area contributed by atoms with Gasteiger partial charge in [0.05, 0.1) is 30.6 Å². The number of halogens is 2. The highest BCUT2D eigenvalue weighted by molar-refractivity contribution is 6.35. The second-order valence-electron chi connectivity index (χ2n) is 6.36. The molecule has 0 aliphatic heterocycles. The van der Waals surface area contributed by atoms with Crippen molar-refractivity contribution in [2.75, 3.05) is 14.2 Å². The minimum atomic E-state index is 0.543. The van der Waals surface area contributed by atoms with Gasteiger partial charge in [-0.15, -0.1) is 0 Å². The molecule has 0 aliphatic rings. The molecule has 0 fully saturated rings. The molecule has 0 unspecified atom stereocenters. The van der Waals surface area contributed by atoms with Gasteiger partial charge in [-0.1, -0.05) is 47.5 Å². The van der Waals surface area contributed by atoms with Crippen LogP contribution in [0.25, 0.3) is 28.2 Å². The Bertz CT molecular complexity index is 1150. The molecule has 0 radical (unpaired) electrons. The van der Waals surface area contributed by atoms with Crippen LogP contribution in [0.15, 0.2) is 72.8 Å². The highest BCUT2D eigenvalue weighted by Crippen LogP contribution is 2.39. The number of rotatable bonds is 5. The van der Waals surface area contributed by atoms with E-state index in [1.165, 1.54) is 0 Å². The lowest BCUT2D eigenvalue weighted by Gasteiger charge is -2.09. The van der Waals surface area contributed by atoms with Gasteiger partial charge in [0.1, 0.15) is 17.2 Å². The first kappa shape index (κ1) is 19.4. The normalized spacial score (nSPS) is 10.8. The van der Waals surface area contributed by atoms with Crippen LogP contribution in [0.4, 0.5) is 0 Å². The molecule has 0 saturated carbocycles. The van der Waals surface area contributed by atoms with Crippen LogP contribution in [0, 0.1) is 0 Å². The average Bonchev–Trinajstić information content (AvgIpc) is 3.11. The summed E-state index contributed by atoms with van der Waals surface area (Å²) in [5.41, 5.74) is 4.05. The first-order valence-corrected chi connectivity index (χ1v) is 9.69. The molecule has 4 aromatic rings. The number of hydrogen-bond donors (Lipinski definition) is 0. The lowest BCUT2D eigenvalue weighted by molar-refractivity contribution is 0.415. The van der Waals surface area contributed by atoms with E-state index < -0.39 is 0 Å². The first-order valence-electron chi connectivity index (χ1n) is 8.94. The summed E-state index contributed by atoms with van der Waals surface area (Å²) in [7, 11) is 3.27. The van der Waals surface area contributed by atoms with Crippen LogP contribution in [0.2, 0.25) is 10.0 Å². The summed E-state index contributed by atoms with van der Waals surface area (Å²) in [5.74, 6) is 1.48. The highest BCUT2D eigenvalue weighted by atomic mass is 35.5. The van der Waals surface area contributed by atoms with Gasteiger partial charge < -0.3 is 9.47 Å². The summed E-state index contributed by atoms with van der Waals surface area (Å²) in [4.78, 5) is 0. The van der Waals surface area contributed by atoms with E-state index in [0.29, 0.717) is 15.7 Å². The van der Waals surface area contributed by atoms with Crippen molar-refractivity contribution < 1.29 is 9.47 Å². The third-order valence-electron chi connectivity index (χ3n) is 4.59. The van der Waals surface area contributed by atoms with E-state index in [0.717, 1.165) is 34.0 Å². The largest absolute Gasteiger partial charge is 0.497 e. The van der Waals surface area contributed by atoms with Gasteiger partial charge in [-0.2, -0.15) is 5.10 Å². The third kappa shape index (κ3) is 3.82. The smallest absolute Gasteiger partial charge is 0.119 e. The Balaban J connectivity index is 1.96. The SMILES string of the molecule is COc1cccc(-c2nn(-c3ccc(Cl)cc3)c(-c3cccc(OC)c3)c2Cl)c1. The van der Waals surface area contributed by atoms with E-state index in [9.17, 15) is 0 Å². The number of hydrogen-bond acceptors (Lipinski definition) is 3. The Morgan fingerprint density at radius 3 is 1.97 bits per heavy atom. The van der Waals surface area contributed by atoms with Crippen LogP contribution in [-0.2, 0) is 0 Å². The second-order valence-corrected chi connectivity index (χ2v) is 7.18. The van der Waals surface area contributed by atoms with E-state index >= 15 is 0 Å². The van der Waals surface area contributed by atoms with Gasteiger partial charge in [-0.3, -0.25) is 0 Å². The lowest BCUT2D eigenvalue weighted by atomic mass is 10.1. The minimum Gasteiger partial charge on any atom is -0.497 e. The molecule has 1 aromatic heterocycles. The Hall–Kier alpha value is -2.95. The highest BCUT2D eigenvalue weighted by Gasteiger charge is 2.21. The van der Waals surface area contributed by atoms with E-state index in [-0.39, 0.29) is 0 Å². The van der Waals surface area contributed by atoms with Gasteiger partial charge in [0.15, 0.2) is 0 Å². The summed E-state index contributed by atoms with van der Waals surface area (Å²) >= 11 is 13.0. The van der Waals surface area contributed by atoms with Crippen LogP contribution in [0.1, 0.15) is 0 Å².